The summed E-state index contributed by atoms with van der Waals surface area (Å²) in [5.74, 6) is 0. The van der Waals surface area contributed by atoms with Gasteiger partial charge >= 0.3 is 0 Å². The number of hydrogen-bond donors (Lipinski definition) is 0. The Morgan fingerprint density at radius 2 is 0.882 bits per heavy atom. The molecular weight excluding hydrogens is 304 g/mol. The third-order valence-electron chi connectivity index (χ3n) is 2.09. The summed E-state index contributed by atoms with van der Waals surface area (Å²) in [5.41, 5.74) is 16.0. The molecule has 0 saturated heterocycles. The molecule has 0 aliphatic heterocycles. The van der Waals surface area contributed by atoms with E-state index in [1.807, 2.05) is 60.7 Å². The monoisotopic (exact) mass is 319 g/mol. The normalized spacial score (nSPS) is 8.59. The fraction of sp³-hybridized carbons (Fsp3) is 0.143. The maximum Gasteiger partial charge on any atom is 0 e. The van der Waals surface area contributed by atoms with Crippen molar-refractivity contribution >= 4 is 0 Å². The molecule has 0 amide bonds. The fourth-order valence-electron chi connectivity index (χ4n) is 1.19. The molecule has 0 heterocycles. The minimum Gasteiger partial charge on any atom is -0.674 e. The summed E-state index contributed by atoms with van der Waals surface area (Å²) in [6.07, 6.45) is 0. The average Bonchev–Trinajstić information content (AvgIpc) is 2.41. The van der Waals surface area contributed by atoms with E-state index < -0.39 is 0 Å². The van der Waals surface area contributed by atoms with Gasteiger partial charge in [-0.15, -0.1) is 13.1 Å². The Labute approximate surface area is 119 Å². The summed E-state index contributed by atoms with van der Waals surface area (Å²) in [6.45, 7) is 0.779. The zero-order valence-corrected chi connectivity index (χ0v) is 11.0. The van der Waals surface area contributed by atoms with Crippen LogP contribution >= 0.6 is 0 Å². The van der Waals surface area contributed by atoms with Crippen LogP contribution in [0.5, 0.6) is 0 Å². The summed E-state index contributed by atoms with van der Waals surface area (Å²) < 4.78 is 0. The maximum absolute atomic E-state index is 6.94. The Balaban J connectivity index is 0.000000284. The first-order valence-corrected chi connectivity index (χ1v) is 5.24. The van der Waals surface area contributed by atoms with Crippen molar-refractivity contribution in [3.8, 4) is 0 Å². The van der Waals surface area contributed by atoms with E-state index in [2.05, 4.69) is 0 Å². The fourth-order valence-corrected chi connectivity index (χ4v) is 1.19. The first-order valence-electron chi connectivity index (χ1n) is 5.24. The van der Waals surface area contributed by atoms with Crippen LogP contribution < -0.4 is 0 Å². The van der Waals surface area contributed by atoms with Gasteiger partial charge in [0.1, 0.15) is 0 Å². The first-order chi connectivity index (χ1) is 7.86. The van der Waals surface area contributed by atoms with Crippen molar-refractivity contribution in [2.75, 3.05) is 0 Å². The minimum absolute atomic E-state index is 0. The quantitative estimate of drug-likeness (QED) is 0.733. The Hall–Kier alpha value is -0.900. The molecule has 0 unspecified atom stereocenters. The van der Waals surface area contributed by atoms with Crippen molar-refractivity contribution in [1.82, 2.24) is 0 Å². The van der Waals surface area contributed by atoms with E-state index in [0.29, 0.717) is 13.1 Å². The summed E-state index contributed by atoms with van der Waals surface area (Å²) in [5, 5.41) is 0. The van der Waals surface area contributed by atoms with Gasteiger partial charge in [0.25, 0.3) is 0 Å². The van der Waals surface area contributed by atoms with E-state index in [1.165, 1.54) is 0 Å². The molecule has 2 aromatic rings. The van der Waals surface area contributed by atoms with Crippen LogP contribution in [-0.4, -0.2) is 0 Å². The maximum atomic E-state index is 6.94. The molecule has 2 rings (SSSR count). The summed E-state index contributed by atoms with van der Waals surface area (Å²) in [7, 11) is 0. The van der Waals surface area contributed by atoms with Gasteiger partial charge in [-0.2, -0.15) is 0 Å². The second kappa shape index (κ2) is 10.3. The summed E-state index contributed by atoms with van der Waals surface area (Å²) in [6, 6.07) is 19.5. The van der Waals surface area contributed by atoms with Gasteiger partial charge in [0.2, 0.25) is 0 Å². The van der Waals surface area contributed by atoms with Gasteiger partial charge in [0.15, 0.2) is 0 Å². The predicted octanol–water partition coefficient (Wildman–Crippen LogP) is 4.48. The Morgan fingerprint density at radius 1 is 0.588 bits per heavy atom. The van der Waals surface area contributed by atoms with E-state index in [0.717, 1.165) is 11.1 Å². The van der Waals surface area contributed by atoms with Crippen LogP contribution in [0.25, 0.3) is 11.5 Å². The molecule has 0 spiro atoms. The average molecular weight is 320 g/mol. The number of nitrogens with one attached hydrogen (secondary N) is 2. The minimum atomic E-state index is 0. The zero-order chi connectivity index (χ0) is 11.6. The Morgan fingerprint density at radius 3 is 1.06 bits per heavy atom. The number of rotatable bonds is 2. The van der Waals surface area contributed by atoms with Crippen LogP contribution in [0.15, 0.2) is 60.7 Å². The molecule has 2 N–H and O–H groups in total. The van der Waals surface area contributed by atoms with Crippen LogP contribution in [0, 0.1) is 0 Å². The van der Waals surface area contributed by atoms with Crippen molar-refractivity contribution in [1.29, 1.82) is 0 Å². The molecule has 0 saturated carbocycles. The number of hydrogen-bond acceptors (Lipinski definition) is 0. The molecule has 0 aliphatic rings. The molecule has 95 valence electrons. The van der Waals surface area contributed by atoms with Crippen LogP contribution in [0.4, 0.5) is 0 Å². The Kier molecular flexibility index (Phi) is 9.72. The molecule has 0 aliphatic carbocycles. The van der Waals surface area contributed by atoms with Gasteiger partial charge in [-0.05, 0) is 0 Å². The topological polar surface area (TPSA) is 47.6 Å². The molecule has 2 aromatic carbocycles. The third-order valence-corrected chi connectivity index (χ3v) is 2.09. The van der Waals surface area contributed by atoms with E-state index in [9.17, 15) is 0 Å². The van der Waals surface area contributed by atoms with Gasteiger partial charge in [-0.25, -0.2) is 0 Å². The van der Waals surface area contributed by atoms with Crippen molar-refractivity contribution in [2.45, 2.75) is 13.1 Å². The van der Waals surface area contributed by atoms with Crippen LogP contribution in [0.2, 0.25) is 0 Å². The third kappa shape index (κ3) is 7.10. The molecule has 0 fully saturated rings. The van der Waals surface area contributed by atoms with Crippen molar-refractivity contribution in [2.24, 2.45) is 0 Å². The van der Waals surface area contributed by atoms with Gasteiger partial charge in [0.05, 0.1) is 0 Å². The summed E-state index contributed by atoms with van der Waals surface area (Å²) >= 11 is 0. The second-order valence-corrected chi connectivity index (χ2v) is 3.32. The molecule has 0 atom stereocenters. The summed E-state index contributed by atoms with van der Waals surface area (Å²) in [4.78, 5) is 0. The first kappa shape index (κ1) is 16.1. The standard InChI is InChI=1S/2C7H8N.Ag/c2*8-6-7-4-2-1-3-5-7;/h2*1-5,8H,6H2;/q2*-1;. The van der Waals surface area contributed by atoms with Gasteiger partial charge < -0.3 is 11.5 Å². The van der Waals surface area contributed by atoms with E-state index in [1.54, 1.807) is 0 Å². The Bertz CT molecular complexity index is 336. The van der Waals surface area contributed by atoms with E-state index in [4.69, 9.17) is 11.5 Å². The van der Waals surface area contributed by atoms with Gasteiger partial charge in [-0.3, -0.25) is 0 Å². The smallest absolute Gasteiger partial charge is 0 e. The zero-order valence-electron chi connectivity index (χ0n) is 9.49. The van der Waals surface area contributed by atoms with Gasteiger partial charge in [0, 0.05) is 22.4 Å². The van der Waals surface area contributed by atoms with Crippen molar-refractivity contribution < 1.29 is 22.4 Å². The van der Waals surface area contributed by atoms with Crippen LogP contribution in [0.3, 0.4) is 0 Å². The molecule has 3 heteroatoms. The van der Waals surface area contributed by atoms with Crippen LogP contribution in [0.1, 0.15) is 11.1 Å². The molecule has 0 bridgehead atoms. The molecule has 1 radical (unpaired) electrons. The largest absolute Gasteiger partial charge is 0.674 e. The van der Waals surface area contributed by atoms with E-state index >= 15 is 0 Å². The predicted molar refractivity (Wildman–Crippen MR) is 68.9 cm³/mol. The molecular formula is C14H16AgN2-2. The molecule has 2 nitrogen and oxygen atoms in total. The SMILES string of the molecule is [Ag].[NH-]Cc1ccccc1.[NH-]Cc1ccccc1. The second-order valence-electron chi connectivity index (χ2n) is 3.32. The molecule has 0 aromatic heterocycles. The number of benzene rings is 2. The van der Waals surface area contributed by atoms with Crippen LogP contribution in [-0.2, 0) is 35.5 Å². The van der Waals surface area contributed by atoms with E-state index in [-0.39, 0.29) is 22.4 Å². The van der Waals surface area contributed by atoms with Gasteiger partial charge in [-0.1, -0.05) is 71.8 Å². The molecule has 17 heavy (non-hydrogen) atoms. The van der Waals surface area contributed by atoms with Crippen molar-refractivity contribution in [3.63, 3.8) is 0 Å². The van der Waals surface area contributed by atoms with Crippen molar-refractivity contribution in [3.05, 3.63) is 83.3 Å².